The van der Waals surface area contributed by atoms with Crippen LogP contribution in [0.15, 0.2) is 17.1 Å². The molecular formula is C14H15F2NO3. The predicted octanol–water partition coefficient (Wildman–Crippen LogP) is 3.14. The van der Waals surface area contributed by atoms with Gasteiger partial charge in [-0.05, 0) is 30.5 Å². The van der Waals surface area contributed by atoms with Crippen LogP contribution in [0, 0.1) is 0 Å². The van der Waals surface area contributed by atoms with Crippen molar-refractivity contribution in [2.24, 2.45) is 4.99 Å². The molecule has 1 aliphatic rings. The highest BCUT2D eigenvalue weighted by atomic mass is 19.3. The third-order valence-electron chi connectivity index (χ3n) is 3.47. The molecule has 0 N–H and O–H groups in total. The second kappa shape index (κ2) is 4.87. The van der Waals surface area contributed by atoms with E-state index in [4.69, 9.17) is 9.47 Å². The van der Waals surface area contributed by atoms with Crippen molar-refractivity contribution < 1.29 is 23.0 Å². The number of hydrogen-bond acceptors (Lipinski definition) is 4. The number of hydrogen-bond donors (Lipinski definition) is 0. The zero-order valence-corrected chi connectivity index (χ0v) is 11.5. The van der Waals surface area contributed by atoms with Crippen LogP contribution in [0.5, 0.6) is 11.5 Å². The van der Waals surface area contributed by atoms with Crippen LogP contribution in [0.1, 0.15) is 30.9 Å². The first-order chi connectivity index (χ1) is 9.38. The third kappa shape index (κ3) is 2.39. The number of benzene rings is 1. The molecule has 1 aliphatic carbocycles. The summed E-state index contributed by atoms with van der Waals surface area (Å²) in [5.41, 5.74) is -0.488. The molecule has 0 spiro atoms. The van der Waals surface area contributed by atoms with Crippen molar-refractivity contribution in [1.29, 1.82) is 0 Å². The Morgan fingerprint density at radius 3 is 2.35 bits per heavy atom. The second-order valence-electron chi connectivity index (χ2n) is 4.88. The number of isocyanates is 1. The van der Waals surface area contributed by atoms with Gasteiger partial charge in [-0.15, -0.1) is 0 Å². The third-order valence-corrected chi connectivity index (χ3v) is 3.47. The summed E-state index contributed by atoms with van der Waals surface area (Å²) < 4.78 is 37.6. The van der Waals surface area contributed by atoms with Gasteiger partial charge in [0.05, 0.1) is 25.3 Å². The highest BCUT2D eigenvalue weighted by molar-refractivity contribution is 5.54. The Hall–Kier alpha value is -1.94. The van der Waals surface area contributed by atoms with Crippen molar-refractivity contribution in [3.05, 3.63) is 23.3 Å². The fourth-order valence-electron chi connectivity index (χ4n) is 2.23. The van der Waals surface area contributed by atoms with E-state index in [0.717, 1.165) is 6.92 Å². The van der Waals surface area contributed by atoms with Crippen LogP contribution in [0.25, 0.3) is 0 Å². The molecule has 0 amide bonds. The van der Waals surface area contributed by atoms with Gasteiger partial charge in [0.2, 0.25) is 6.08 Å². The molecule has 108 valence electrons. The average Bonchev–Trinajstić information content (AvgIpc) is 3.17. The van der Waals surface area contributed by atoms with Crippen molar-refractivity contribution in [2.45, 2.75) is 31.2 Å². The number of halogens is 2. The van der Waals surface area contributed by atoms with Gasteiger partial charge in [-0.3, -0.25) is 0 Å². The molecule has 0 unspecified atom stereocenters. The molecule has 1 aromatic rings. The first-order valence-electron chi connectivity index (χ1n) is 6.12. The van der Waals surface area contributed by atoms with Gasteiger partial charge in [-0.25, -0.2) is 13.6 Å². The Morgan fingerprint density at radius 2 is 1.95 bits per heavy atom. The summed E-state index contributed by atoms with van der Waals surface area (Å²) in [6, 6.07) is 2.91. The van der Waals surface area contributed by atoms with E-state index in [0.29, 0.717) is 18.4 Å². The summed E-state index contributed by atoms with van der Waals surface area (Å²) in [5, 5.41) is 0. The van der Waals surface area contributed by atoms with Crippen molar-refractivity contribution in [1.82, 2.24) is 0 Å². The van der Waals surface area contributed by atoms with Gasteiger partial charge in [0.25, 0.3) is 5.92 Å². The molecule has 0 atom stereocenters. The van der Waals surface area contributed by atoms with Crippen molar-refractivity contribution in [2.75, 3.05) is 14.2 Å². The SMILES string of the molecule is COc1cc(C2(N=C=O)CC2)cc(C(C)(F)F)c1OC. The molecule has 0 bridgehead atoms. The molecule has 20 heavy (non-hydrogen) atoms. The Bertz CT molecular complexity index is 571. The minimum atomic E-state index is -3.09. The van der Waals surface area contributed by atoms with E-state index >= 15 is 0 Å². The summed E-state index contributed by atoms with van der Waals surface area (Å²) in [5.74, 6) is -2.89. The topological polar surface area (TPSA) is 47.9 Å². The van der Waals surface area contributed by atoms with Crippen LogP contribution in [-0.4, -0.2) is 20.3 Å². The maximum atomic E-state index is 13.7. The number of ether oxygens (including phenoxy) is 2. The van der Waals surface area contributed by atoms with Crippen LogP contribution < -0.4 is 9.47 Å². The number of alkyl halides is 2. The molecule has 0 saturated heterocycles. The lowest BCUT2D eigenvalue weighted by Gasteiger charge is -2.20. The lowest BCUT2D eigenvalue weighted by Crippen LogP contribution is -2.13. The highest BCUT2D eigenvalue weighted by Crippen LogP contribution is 2.52. The Balaban J connectivity index is 2.65. The summed E-state index contributed by atoms with van der Waals surface area (Å²) in [6.07, 6.45) is 2.77. The van der Waals surface area contributed by atoms with E-state index in [1.807, 2.05) is 0 Å². The average molecular weight is 283 g/mol. The van der Waals surface area contributed by atoms with Crippen molar-refractivity contribution in [3.8, 4) is 11.5 Å². The monoisotopic (exact) mass is 283 g/mol. The molecule has 6 heteroatoms. The van der Waals surface area contributed by atoms with Crippen LogP contribution in [-0.2, 0) is 16.3 Å². The number of carbonyl (C=O) groups excluding carboxylic acids is 1. The molecule has 4 nitrogen and oxygen atoms in total. The molecule has 1 aromatic carbocycles. The van der Waals surface area contributed by atoms with Gasteiger partial charge in [0, 0.05) is 6.92 Å². The van der Waals surface area contributed by atoms with Gasteiger partial charge in [-0.2, -0.15) is 4.99 Å². The van der Waals surface area contributed by atoms with Gasteiger partial charge in [-0.1, -0.05) is 0 Å². The van der Waals surface area contributed by atoms with E-state index in [1.54, 1.807) is 6.07 Å². The fourth-order valence-corrected chi connectivity index (χ4v) is 2.23. The van der Waals surface area contributed by atoms with Crippen LogP contribution >= 0.6 is 0 Å². The first kappa shape index (κ1) is 14.5. The molecule has 0 aromatic heterocycles. The molecule has 2 rings (SSSR count). The predicted molar refractivity (Wildman–Crippen MR) is 68.1 cm³/mol. The van der Waals surface area contributed by atoms with E-state index in [2.05, 4.69) is 4.99 Å². The van der Waals surface area contributed by atoms with Gasteiger partial charge in [0.15, 0.2) is 11.5 Å². The normalized spacial score (nSPS) is 16.2. The Kier molecular flexibility index (Phi) is 3.52. The van der Waals surface area contributed by atoms with Gasteiger partial charge < -0.3 is 9.47 Å². The zero-order valence-electron chi connectivity index (χ0n) is 11.5. The van der Waals surface area contributed by atoms with Crippen molar-refractivity contribution >= 4 is 6.08 Å². The number of methoxy groups -OCH3 is 2. The van der Waals surface area contributed by atoms with Crippen LogP contribution in [0.4, 0.5) is 8.78 Å². The molecule has 0 heterocycles. The maximum Gasteiger partial charge on any atom is 0.274 e. The van der Waals surface area contributed by atoms with E-state index in [1.165, 1.54) is 26.4 Å². The first-order valence-corrected chi connectivity index (χ1v) is 6.12. The largest absolute Gasteiger partial charge is 0.493 e. The zero-order chi connectivity index (χ0) is 15.0. The molecule has 0 radical (unpaired) electrons. The van der Waals surface area contributed by atoms with Crippen LogP contribution in [0.2, 0.25) is 0 Å². The van der Waals surface area contributed by atoms with Crippen LogP contribution in [0.3, 0.4) is 0 Å². The van der Waals surface area contributed by atoms with Crippen molar-refractivity contribution in [3.63, 3.8) is 0 Å². The summed E-state index contributed by atoms with van der Waals surface area (Å²) >= 11 is 0. The maximum absolute atomic E-state index is 13.7. The molecule has 0 aliphatic heterocycles. The lowest BCUT2D eigenvalue weighted by molar-refractivity contribution is 0.0146. The molecule has 1 saturated carbocycles. The van der Waals surface area contributed by atoms with Gasteiger partial charge in [0.1, 0.15) is 0 Å². The second-order valence-corrected chi connectivity index (χ2v) is 4.88. The molecular weight excluding hydrogens is 268 g/mol. The summed E-state index contributed by atoms with van der Waals surface area (Å²) in [4.78, 5) is 14.2. The number of nitrogens with zero attached hydrogens (tertiary/aromatic N) is 1. The lowest BCUT2D eigenvalue weighted by atomic mass is 9.98. The molecule has 1 fully saturated rings. The standard InChI is InChI=1S/C14H15F2NO3/c1-13(15,16)10-6-9(14(4-5-14)17-8-18)7-11(19-2)12(10)20-3/h6-7H,4-5H2,1-3H3. The minimum Gasteiger partial charge on any atom is -0.493 e. The fraction of sp³-hybridized carbons (Fsp3) is 0.500. The Labute approximate surface area is 115 Å². The van der Waals surface area contributed by atoms with Gasteiger partial charge >= 0.3 is 0 Å². The number of aliphatic imine (C=N–C) groups is 1. The smallest absolute Gasteiger partial charge is 0.274 e. The van der Waals surface area contributed by atoms with E-state index in [9.17, 15) is 13.6 Å². The number of rotatable bonds is 5. The van der Waals surface area contributed by atoms with E-state index < -0.39 is 11.5 Å². The summed E-state index contributed by atoms with van der Waals surface area (Å²) in [6.45, 7) is 0.788. The Morgan fingerprint density at radius 1 is 1.30 bits per heavy atom. The van der Waals surface area contributed by atoms with E-state index in [-0.39, 0.29) is 17.1 Å². The summed E-state index contributed by atoms with van der Waals surface area (Å²) in [7, 11) is 2.69. The minimum absolute atomic E-state index is 0.00497. The quantitative estimate of drug-likeness (QED) is 0.616. The highest BCUT2D eigenvalue weighted by Gasteiger charge is 2.46.